The summed E-state index contributed by atoms with van der Waals surface area (Å²) < 4.78 is 6.14. The molecule has 0 aliphatic carbocycles. The first-order chi connectivity index (χ1) is 12.7. The van der Waals surface area contributed by atoms with E-state index in [0.717, 1.165) is 15.6 Å². The van der Waals surface area contributed by atoms with Gasteiger partial charge in [-0.25, -0.2) is 4.79 Å². The van der Waals surface area contributed by atoms with Crippen LogP contribution in [0.1, 0.15) is 31.9 Å². The minimum atomic E-state index is -0.605. The van der Waals surface area contributed by atoms with Crippen molar-refractivity contribution in [3.63, 3.8) is 0 Å². The number of rotatable bonds is 6. The van der Waals surface area contributed by atoms with Gasteiger partial charge in [-0.05, 0) is 38.0 Å². The molecule has 2 rings (SSSR count). The van der Waals surface area contributed by atoms with E-state index in [1.807, 2.05) is 54.6 Å². The van der Waals surface area contributed by atoms with Crippen molar-refractivity contribution in [3.8, 4) is 0 Å². The van der Waals surface area contributed by atoms with E-state index in [9.17, 15) is 9.59 Å². The van der Waals surface area contributed by atoms with Gasteiger partial charge in [-0.2, -0.15) is 0 Å². The first-order valence-electron chi connectivity index (χ1n) is 8.76. The van der Waals surface area contributed by atoms with Crippen LogP contribution in [0.4, 0.5) is 4.79 Å². The van der Waals surface area contributed by atoms with Crippen LogP contribution in [0, 0.1) is 0 Å². The molecule has 0 bridgehead atoms. The molecular weight excluding hydrogens is 408 g/mol. The van der Waals surface area contributed by atoms with E-state index in [-0.39, 0.29) is 12.5 Å². The van der Waals surface area contributed by atoms with Crippen LogP contribution in [0.15, 0.2) is 59.1 Å². The third-order valence-electron chi connectivity index (χ3n) is 3.67. The second-order valence-electron chi connectivity index (χ2n) is 7.18. The molecule has 6 heteroatoms. The summed E-state index contributed by atoms with van der Waals surface area (Å²) >= 11 is 3.53. The van der Waals surface area contributed by atoms with E-state index < -0.39 is 11.7 Å². The van der Waals surface area contributed by atoms with Crippen molar-refractivity contribution in [1.82, 2.24) is 10.2 Å². The Hall–Kier alpha value is -2.34. The van der Waals surface area contributed by atoms with Crippen molar-refractivity contribution in [2.45, 2.75) is 39.5 Å². The Balaban J connectivity index is 2.07. The highest BCUT2D eigenvalue weighted by atomic mass is 79.9. The second kappa shape index (κ2) is 9.55. The molecule has 0 radical (unpaired) electrons. The first-order valence-corrected chi connectivity index (χ1v) is 9.56. The van der Waals surface area contributed by atoms with E-state index >= 15 is 0 Å². The van der Waals surface area contributed by atoms with Gasteiger partial charge in [-0.1, -0.05) is 64.5 Å². The van der Waals surface area contributed by atoms with Gasteiger partial charge >= 0.3 is 6.09 Å². The first kappa shape index (κ1) is 21.0. The fraction of sp³-hybridized carbons (Fsp3) is 0.333. The highest BCUT2D eigenvalue weighted by molar-refractivity contribution is 9.10. The van der Waals surface area contributed by atoms with E-state index in [1.165, 1.54) is 0 Å². The predicted molar refractivity (Wildman–Crippen MR) is 109 cm³/mol. The minimum Gasteiger partial charge on any atom is -0.444 e. The van der Waals surface area contributed by atoms with Gasteiger partial charge in [0.05, 0.1) is 0 Å². The molecular formula is C21H25BrN2O3. The number of carbonyl (C=O) groups is 2. The maximum atomic E-state index is 12.8. The lowest BCUT2D eigenvalue weighted by Gasteiger charge is -2.24. The lowest BCUT2D eigenvalue weighted by molar-refractivity contribution is -0.131. The Morgan fingerprint density at radius 2 is 1.63 bits per heavy atom. The summed E-state index contributed by atoms with van der Waals surface area (Å²) in [4.78, 5) is 26.3. The van der Waals surface area contributed by atoms with Crippen LogP contribution in [-0.2, 0) is 22.6 Å². The molecule has 0 aromatic heterocycles. The van der Waals surface area contributed by atoms with Gasteiger partial charge in [-0.3, -0.25) is 4.79 Å². The molecule has 0 spiro atoms. The van der Waals surface area contributed by atoms with Crippen LogP contribution in [0.5, 0.6) is 0 Å². The molecule has 0 fully saturated rings. The number of amides is 2. The van der Waals surface area contributed by atoms with Crippen LogP contribution in [0.25, 0.3) is 0 Å². The molecule has 0 aliphatic rings. The molecule has 2 aromatic carbocycles. The fourth-order valence-corrected chi connectivity index (χ4v) is 2.85. The Labute approximate surface area is 168 Å². The Morgan fingerprint density at radius 1 is 1.00 bits per heavy atom. The van der Waals surface area contributed by atoms with Crippen LogP contribution in [-0.4, -0.2) is 29.0 Å². The summed E-state index contributed by atoms with van der Waals surface area (Å²) in [5.74, 6) is -0.180. The van der Waals surface area contributed by atoms with Crippen molar-refractivity contribution >= 4 is 27.9 Å². The van der Waals surface area contributed by atoms with Gasteiger partial charge in [0, 0.05) is 17.6 Å². The highest BCUT2D eigenvalue weighted by Crippen LogP contribution is 2.19. The zero-order valence-corrected chi connectivity index (χ0v) is 17.5. The number of alkyl carbamates (subject to hydrolysis) is 1. The monoisotopic (exact) mass is 432 g/mol. The molecule has 0 heterocycles. The van der Waals surface area contributed by atoms with Crippen molar-refractivity contribution in [2.75, 3.05) is 6.54 Å². The van der Waals surface area contributed by atoms with E-state index in [1.54, 1.807) is 25.7 Å². The molecule has 0 atom stereocenters. The Bertz CT molecular complexity index is 772. The maximum absolute atomic E-state index is 12.8. The van der Waals surface area contributed by atoms with Crippen LogP contribution in [0.2, 0.25) is 0 Å². The molecule has 0 saturated heterocycles. The van der Waals surface area contributed by atoms with Gasteiger partial charge < -0.3 is 15.0 Å². The summed E-state index contributed by atoms with van der Waals surface area (Å²) in [6, 6.07) is 17.5. The SMILES string of the molecule is CC(C)(C)OC(=O)NCC(=O)N(Cc1ccccc1)Cc1ccccc1Br. The zero-order valence-electron chi connectivity index (χ0n) is 15.9. The lowest BCUT2D eigenvalue weighted by Crippen LogP contribution is -2.41. The number of nitrogens with one attached hydrogen (secondary N) is 1. The Morgan fingerprint density at radius 3 is 2.26 bits per heavy atom. The minimum absolute atomic E-state index is 0.119. The smallest absolute Gasteiger partial charge is 0.408 e. The van der Waals surface area contributed by atoms with Crippen molar-refractivity contribution < 1.29 is 14.3 Å². The van der Waals surface area contributed by atoms with E-state index in [0.29, 0.717) is 13.1 Å². The van der Waals surface area contributed by atoms with Crippen molar-refractivity contribution in [3.05, 3.63) is 70.2 Å². The number of benzene rings is 2. The average molecular weight is 433 g/mol. The van der Waals surface area contributed by atoms with Crippen LogP contribution in [0.3, 0.4) is 0 Å². The highest BCUT2D eigenvalue weighted by Gasteiger charge is 2.20. The molecule has 5 nitrogen and oxygen atoms in total. The molecule has 0 unspecified atom stereocenters. The number of hydrogen-bond acceptors (Lipinski definition) is 3. The van der Waals surface area contributed by atoms with Crippen LogP contribution < -0.4 is 5.32 Å². The van der Waals surface area contributed by atoms with Gasteiger partial charge in [-0.15, -0.1) is 0 Å². The maximum Gasteiger partial charge on any atom is 0.408 e. The van der Waals surface area contributed by atoms with Crippen molar-refractivity contribution in [2.24, 2.45) is 0 Å². The molecule has 27 heavy (non-hydrogen) atoms. The lowest BCUT2D eigenvalue weighted by atomic mass is 10.1. The summed E-state index contributed by atoms with van der Waals surface area (Å²) in [5, 5.41) is 2.54. The number of ether oxygens (including phenoxy) is 1. The fourth-order valence-electron chi connectivity index (χ4n) is 2.44. The molecule has 0 aliphatic heterocycles. The predicted octanol–water partition coefficient (Wildman–Crippen LogP) is 4.50. The third kappa shape index (κ3) is 7.43. The standard InChI is InChI=1S/C21H25BrN2O3/c1-21(2,3)27-20(26)23-13-19(25)24(14-16-9-5-4-6-10-16)15-17-11-7-8-12-18(17)22/h4-12H,13-15H2,1-3H3,(H,23,26). The largest absolute Gasteiger partial charge is 0.444 e. The van der Waals surface area contributed by atoms with Gasteiger partial charge in [0.1, 0.15) is 12.1 Å². The van der Waals surface area contributed by atoms with Gasteiger partial charge in [0.2, 0.25) is 5.91 Å². The quantitative estimate of drug-likeness (QED) is 0.730. The van der Waals surface area contributed by atoms with Gasteiger partial charge in [0.15, 0.2) is 0 Å². The number of halogens is 1. The average Bonchev–Trinajstić information content (AvgIpc) is 2.60. The van der Waals surface area contributed by atoms with Gasteiger partial charge in [0.25, 0.3) is 0 Å². The summed E-state index contributed by atoms with van der Waals surface area (Å²) in [7, 11) is 0. The van der Waals surface area contributed by atoms with E-state index in [2.05, 4.69) is 21.2 Å². The molecule has 1 N–H and O–H groups in total. The van der Waals surface area contributed by atoms with E-state index in [4.69, 9.17) is 4.74 Å². The topological polar surface area (TPSA) is 58.6 Å². The van der Waals surface area contributed by atoms with Crippen LogP contribution >= 0.6 is 15.9 Å². The third-order valence-corrected chi connectivity index (χ3v) is 4.44. The number of carbonyl (C=O) groups excluding carboxylic acids is 2. The summed E-state index contributed by atoms with van der Waals surface area (Å²) in [6.45, 7) is 6.11. The number of nitrogens with zero attached hydrogens (tertiary/aromatic N) is 1. The molecule has 2 amide bonds. The molecule has 2 aromatic rings. The molecule has 144 valence electrons. The second-order valence-corrected chi connectivity index (χ2v) is 8.04. The Kier molecular flexibility index (Phi) is 7.42. The number of hydrogen-bond donors (Lipinski definition) is 1. The summed E-state index contributed by atoms with van der Waals surface area (Å²) in [6.07, 6.45) is -0.601. The molecule has 0 saturated carbocycles. The zero-order chi connectivity index (χ0) is 19.9. The summed E-state index contributed by atoms with van der Waals surface area (Å²) in [5.41, 5.74) is 1.42. The normalized spacial score (nSPS) is 11.0. The van der Waals surface area contributed by atoms with Crippen molar-refractivity contribution in [1.29, 1.82) is 0 Å².